The Labute approximate surface area is 251 Å². The van der Waals surface area contributed by atoms with Crippen LogP contribution in [0.15, 0.2) is 53.7 Å². The van der Waals surface area contributed by atoms with Gasteiger partial charge >= 0.3 is 5.97 Å². The first-order valence-corrected chi connectivity index (χ1v) is 15.6. The van der Waals surface area contributed by atoms with Gasteiger partial charge in [-0.15, -0.1) is 0 Å². The minimum Gasteiger partial charge on any atom is -0.466 e. The van der Waals surface area contributed by atoms with Gasteiger partial charge in [0, 0.05) is 61.8 Å². The molecule has 0 N–H and O–H groups in total. The molecule has 2 aromatic carbocycles. The fraction of sp³-hybridized carbons (Fsp3) is 0.438. The summed E-state index contributed by atoms with van der Waals surface area (Å²) in [6.45, 7) is 10.1. The number of ether oxygens (including phenoxy) is 1. The number of carbonyl (C=O) groups excluding carboxylic acids is 2. The topological polar surface area (TPSA) is 78.9 Å². The van der Waals surface area contributed by atoms with Crippen molar-refractivity contribution in [2.45, 2.75) is 44.5 Å². The number of amides is 1. The van der Waals surface area contributed by atoms with E-state index in [2.05, 4.69) is 9.80 Å². The van der Waals surface area contributed by atoms with Gasteiger partial charge in [0.15, 0.2) is 5.16 Å². The highest BCUT2D eigenvalue weighted by atomic mass is 32.2. The van der Waals surface area contributed by atoms with Crippen LogP contribution in [0, 0.1) is 25.6 Å². The molecule has 0 aliphatic carbocycles. The van der Waals surface area contributed by atoms with Gasteiger partial charge in [-0.25, -0.2) is 14.4 Å². The molecule has 2 fully saturated rings. The third kappa shape index (κ3) is 6.86. The second-order valence-electron chi connectivity index (χ2n) is 10.8. The van der Waals surface area contributed by atoms with Crippen LogP contribution in [-0.4, -0.2) is 72.6 Å². The molecule has 0 radical (unpaired) electrons. The highest BCUT2D eigenvalue weighted by Crippen LogP contribution is 2.29. The van der Waals surface area contributed by atoms with Crippen LogP contribution in [0.1, 0.15) is 46.9 Å². The molecule has 0 bridgehead atoms. The number of likely N-dealkylation sites (tertiary alicyclic amines) is 1. The van der Waals surface area contributed by atoms with E-state index in [9.17, 15) is 14.0 Å². The molecular formula is C32H38FN5O3S. The summed E-state index contributed by atoms with van der Waals surface area (Å²) in [5, 5.41) is 0.690. The number of piperazine rings is 1. The molecule has 3 heterocycles. The molecule has 2 aliphatic heterocycles. The smallest absolute Gasteiger partial charge is 0.310 e. The van der Waals surface area contributed by atoms with E-state index in [1.165, 1.54) is 6.07 Å². The minimum absolute atomic E-state index is 0.0601. The summed E-state index contributed by atoms with van der Waals surface area (Å²) in [6.07, 6.45) is 1.54. The number of thioether (sulfide) groups is 1. The monoisotopic (exact) mass is 591 g/mol. The van der Waals surface area contributed by atoms with E-state index in [1.54, 1.807) is 29.7 Å². The maximum Gasteiger partial charge on any atom is 0.310 e. The van der Waals surface area contributed by atoms with Gasteiger partial charge in [0.2, 0.25) is 0 Å². The normalized spacial score (nSPS) is 17.3. The second kappa shape index (κ2) is 13.5. The lowest BCUT2D eigenvalue weighted by Crippen LogP contribution is -2.47. The average molecular weight is 592 g/mol. The van der Waals surface area contributed by atoms with Crippen LogP contribution in [0.4, 0.5) is 15.9 Å². The summed E-state index contributed by atoms with van der Waals surface area (Å²) in [7, 11) is 0. The van der Waals surface area contributed by atoms with Crippen molar-refractivity contribution in [1.82, 2.24) is 14.9 Å². The molecule has 1 atom stereocenters. The van der Waals surface area contributed by atoms with Crippen LogP contribution < -0.4 is 9.80 Å². The Morgan fingerprint density at radius 2 is 1.76 bits per heavy atom. The summed E-state index contributed by atoms with van der Waals surface area (Å²) in [5.41, 5.74) is 4.25. The maximum absolute atomic E-state index is 14.3. The van der Waals surface area contributed by atoms with Crippen molar-refractivity contribution in [3.05, 3.63) is 76.7 Å². The zero-order chi connectivity index (χ0) is 29.6. The number of hydrogen-bond acceptors (Lipinski definition) is 8. The number of esters is 1. The molecule has 3 aromatic rings. The second-order valence-corrected chi connectivity index (χ2v) is 11.7. The van der Waals surface area contributed by atoms with Crippen LogP contribution in [0.25, 0.3) is 0 Å². The molecule has 222 valence electrons. The highest BCUT2D eigenvalue weighted by Gasteiger charge is 2.30. The fourth-order valence-electron chi connectivity index (χ4n) is 5.57. The fourth-order valence-corrected chi connectivity index (χ4v) is 6.39. The first kappa shape index (κ1) is 29.8. The summed E-state index contributed by atoms with van der Waals surface area (Å²) in [6, 6.07) is 14.6. The van der Waals surface area contributed by atoms with E-state index in [4.69, 9.17) is 14.7 Å². The van der Waals surface area contributed by atoms with E-state index in [1.807, 2.05) is 50.2 Å². The third-order valence-electron chi connectivity index (χ3n) is 7.99. The van der Waals surface area contributed by atoms with Crippen molar-refractivity contribution >= 4 is 35.1 Å². The molecule has 0 spiro atoms. The van der Waals surface area contributed by atoms with Crippen LogP contribution in [0.5, 0.6) is 0 Å². The molecule has 42 heavy (non-hydrogen) atoms. The Balaban J connectivity index is 1.22. The lowest BCUT2D eigenvalue weighted by atomic mass is 9.97. The van der Waals surface area contributed by atoms with Crippen LogP contribution in [0.2, 0.25) is 0 Å². The molecule has 2 aliphatic rings. The van der Waals surface area contributed by atoms with Gasteiger partial charge in [-0.1, -0.05) is 36.0 Å². The number of para-hydroxylation sites is 1. The van der Waals surface area contributed by atoms with E-state index in [0.29, 0.717) is 54.9 Å². The number of aromatic nitrogens is 2. The molecule has 1 aromatic heterocycles. The largest absolute Gasteiger partial charge is 0.466 e. The van der Waals surface area contributed by atoms with Gasteiger partial charge in [-0.2, -0.15) is 0 Å². The Kier molecular flexibility index (Phi) is 9.62. The average Bonchev–Trinajstić information content (AvgIpc) is 3.02. The van der Waals surface area contributed by atoms with E-state index in [-0.39, 0.29) is 23.6 Å². The van der Waals surface area contributed by atoms with E-state index >= 15 is 0 Å². The summed E-state index contributed by atoms with van der Waals surface area (Å²) < 4.78 is 19.5. The van der Waals surface area contributed by atoms with Crippen LogP contribution >= 0.6 is 11.8 Å². The lowest BCUT2D eigenvalue weighted by molar-refractivity contribution is -0.149. The van der Waals surface area contributed by atoms with E-state index in [0.717, 1.165) is 48.6 Å². The number of rotatable bonds is 8. The Bertz CT molecular complexity index is 1430. The molecule has 1 amide bonds. The summed E-state index contributed by atoms with van der Waals surface area (Å²) in [4.78, 5) is 41.3. The number of aryl methyl sites for hydroxylation is 1. The molecule has 5 rings (SSSR count). The van der Waals surface area contributed by atoms with Crippen molar-refractivity contribution in [2.24, 2.45) is 5.92 Å². The molecule has 10 heteroatoms. The van der Waals surface area contributed by atoms with E-state index < -0.39 is 0 Å². The van der Waals surface area contributed by atoms with Crippen molar-refractivity contribution in [2.75, 3.05) is 55.7 Å². The Morgan fingerprint density at radius 3 is 2.52 bits per heavy atom. The molecule has 2 saturated heterocycles. The molecular weight excluding hydrogens is 553 g/mol. The number of carbonyl (C=O) groups is 2. The van der Waals surface area contributed by atoms with Crippen molar-refractivity contribution in [1.29, 1.82) is 0 Å². The van der Waals surface area contributed by atoms with Crippen LogP contribution in [0.3, 0.4) is 0 Å². The first-order chi connectivity index (χ1) is 20.3. The van der Waals surface area contributed by atoms with Crippen molar-refractivity contribution in [3.8, 4) is 0 Å². The number of halogens is 1. The minimum atomic E-state index is -0.264. The number of anilines is 2. The number of benzene rings is 2. The van der Waals surface area contributed by atoms with Crippen molar-refractivity contribution < 1.29 is 18.7 Å². The van der Waals surface area contributed by atoms with Gasteiger partial charge in [0.05, 0.1) is 18.2 Å². The quantitative estimate of drug-likeness (QED) is 0.199. The number of hydrogen-bond donors (Lipinski definition) is 0. The number of nitrogens with zero attached hydrogens (tertiary/aromatic N) is 5. The maximum atomic E-state index is 14.3. The predicted molar refractivity (Wildman–Crippen MR) is 164 cm³/mol. The zero-order valence-corrected chi connectivity index (χ0v) is 25.3. The van der Waals surface area contributed by atoms with Crippen molar-refractivity contribution in [3.63, 3.8) is 0 Å². The molecule has 8 nitrogen and oxygen atoms in total. The highest BCUT2D eigenvalue weighted by molar-refractivity contribution is 7.98. The number of piperidine rings is 1. The molecule has 0 saturated carbocycles. The molecule has 1 unspecified atom stereocenters. The third-order valence-corrected chi connectivity index (χ3v) is 8.90. The standard InChI is InChI=1S/C32H38FN5O3S/c1-4-41-31(40)26-11-8-14-38(20-26)30(39)25-10-7-9-24(19-25)21-42-32-34-23(3)22(2)29(35-32)37-17-15-36(16-18-37)28-13-6-5-12-27(28)33/h5-7,9-10,12-13,19,26H,4,8,11,14-18,20-21H2,1-3H3. The lowest BCUT2D eigenvalue weighted by Gasteiger charge is -2.37. The van der Waals surface area contributed by atoms with Crippen LogP contribution in [-0.2, 0) is 15.3 Å². The zero-order valence-electron chi connectivity index (χ0n) is 24.5. The van der Waals surface area contributed by atoms with Gasteiger partial charge in [0.1, 0.15) is 11.6 Å². The first-order valence-electron chi connectivity index (χ1n) is 14.6. The van der Waals surface area contributed by atoms with Gasteiger partial charge in [-0.05, 0) is 63.4 Å². The summed E-state index contributed by atoms with van der Waals surface area (Å²) in [5.74, 6) is 0.801. The SMILES string of the molecule is CCOC(=O)C1CCCN(C(=O)c2cccc(CSc3nc(C)c(C)c(N4CCN(c5ccccc5F)CC4)n3)c2)C1. The summed E-state index contributed by atoms with van der Waals surface area (Å²) >= 11 is 1.54. The van der Waals surface area contributed by atoms with Gasteiger partial charge in [0.25, 0.3) is 5.91 Å². The Morgan fingerprint density at radius 1 is 1.00 bits per heavy atom. The predicted octanol–water partition coefficient (Wildman–Crippen LogP) is 5.27. The van der Waals surface area contributed by atoms with Gasteiger partial charge in [-0.3, -0.25) is 9.59 Å². The Hall–Kier alpha value is -3.66. The van der Waals surface area contributed by atoms with Gasteiger partial charge < -0.3 is 19.4 Å².